The van der Waals surface area contributed by atoms with Crippen LogP contribution in [0.15, 0.2) is 18.3 Å². The van der Waals surface area contributed by atoms with Crippen molar-refractivity contribution in [1.82, 2.24) is 15.3 Å². The normalized spacial score (nSPS) is 11.0. The SMILES string of the molecule is CNC(=O)c1cc2ncc(C(C)C)cc2[nH]1. The van der Waals surface area contributed by atoms with Crippen molar-refractivity contribution in [2.24, 2.45) is 0 Å². The van der Waals surface area contributed by atoms with Crippen LogP contribution in [-0.4, -0.2) is 22.9 Å². The number of hydrogen-bond donors (Lipinski definition) is 2. The number of fused-ring (bicyclic) bond motifs is 1. The van der Waals surface area contributed by atoms with Gasteiger partial charge < -0.3 is 10.3 Å². The van der Waals surface area contributed by atoms with Gasteiger partial charge in [-0.1, -0.05) is 13.8 Å². The molecule has 0 saturated carbocycles. The van der Waals surface area contributed by atoms with Gasteiger partial charge in [-0.25, -0.2) is 0 Å². The lowest BCUT2D eigenvalue weighted by Gasteiger charge is -2.03. The molecule has 0 radical (unpaired) electrons. The summed E-state index contributed by atoms with van der Waals surface area (Å²) >= 11 is 0. The van der Waals surface area contributed by atoms with Gasteiger partial charge in [-0.15, -0.1) is 0 Å². The van der Waals surface area contributed by atoms with E-state index in [-0.39, 0.29) is 5.91 Å². The molecule has 2 N–H and O–H groups in total. The molecule has 4 nitrogen and oxygen atoms in total. The molecule has 2 heterocycles. The van der Waals surface area contributed by atoms with E-state index in [4.69, 9.17) is 0 Å². The van der Waals surface area contributed by atoms with E-state index in [1.807, 2.05) is 12.3 Å². The second-order valence-corrected chi connectivity index (χ2v) is 4.12. The Labute approximate surface area is 94.1 Å². The van der Waals surface area contributed by atoms with Gasteiger partial charge in [-0.3, -0.25) is 9.78 Å². The molecule has 0 fully saturated rings. The van der Waals surface area contributed by atoms with Gasteiger partial charge in [-0.05, 0) is 23.6 Å². The number of nitrogens with zero attached hydrogens (tertiary/aromatic N) is 1. The van der Waals surface area contributed by atoms with Crippen LogP contribution in [0.1, 0.15) is 35.8 Å². The minimum atomic E-state index is -0.121. The molecule has 2 rings (SSSR count). The Morgan fingerprint density at radius 1 is 1.44 bits per heavy atom. The van der Waals surface area contributed by atoms with Crippen LogP contribution in [0.5, 0.6) is 0 Å². The van der Waals surface area contributed by atoms with Gasteiger partial charge >= 0.3 is 0 Å². The Kier molecular flexibility index (Phi) is 2.64. The number of aromatic amines is 1. The molecule has 0 aromatic carbocycles. The molecule has 0 spiro atoms. The number of carbonyl (C=O) groups excluding carboxylic acids is 1. The lowest BCUT2D eigenvalue weighted by molar-refractivity contribution is 0.0959. The maximum atomic E-state index is 11.4. The first-order valence-corrected chi connectivity index (χ1v) is 5.32. The highest BCUT2D eigenvalue weighted by Gasteiger charge is 2.09. The van der Waals surface area contributed by atoms with E-state index in [9.17, 15) is 4.79 Å². The summed E-state index contributed by atoms with van der Waals surface area (Å²) in [7, 11) is 1.61. The highest BCUT2D eigenvalue weighted by atomic mass is 16.1. The molecule has 4 heteroatoms. The van der Waals surface area contributed by atoms with E-state index in [0.29, 0.717) is 11.6 Å². The van der Waals surface area contributed by atoms with E-state index in [1.54, 1.807) is 13.1 Å². The molecule has 2 aromatic rings. The molecule has 0 unspecified atom stereocenters. The summed E-state index contributed by atoms with van der Waals surface area (Å²) in [5.74, 6) is 0.313. The first-order chi connectivity index (χ1) is 7.61. The zero-order valence-electron chi connectivity index (χ0n) is 9.66. The van der Waals surface area contributed by atoms with Crippen molar-refractivity contribution in [3.05, 3.63) is 29.6 Å². The molecule has 0 bridgehead atoms. The molecule has 0 atom stereocenters. The second kappa shape index (κ2) is 3.96. The quantitative estimate of drug-likeness (QED) is 0.808. The first-order valence-electron chi connectivity index (χ1n) is 5.32. The summed E-state index contributed by atoms with van der Waals surface area (Å²) in [6, 6.07) is 3.80. The first kappa shape index (κ1) is 10.7. The molecule has 0 aliphatic carbocycles. The number of aromatic nitrogens is 2. The summed E-state index contributed by atoms with van der Waals surface area (Å²) in [6.07, 6.45) is 1.86. The van der Waals surface area contributed by atoms with Crippen molar-refractivity contribution in [3.8, 4) is 0 Å². The maximum absolute atomic E-state index is 11.4. The number of nitrogens with one attached hydrogen (secondary N) is 2. The van der Waals surface area contributed by atoms with Crippen LogP contribution in [0, 0.1) is 0 Å². The van der Waals surface area contributed by atoms with Crippen molar-refractivity contribution < 1.29 is 4.79 Å². The van der Waals surface area contributed by atoms with Crippen LogP contribution in [0.4, 0.5) is 0 Å². The molecule has 0 aliphatic rings. The zero-order valence-corrected chi connectivity index (χ0v) is 9.66. The average molecular weight is 217 g/mol. The standard InChI is InChI=1S/C12H15N3O/c1-7(2)8-4-10-9(14-6-8)5-11(15-10)12(16)13-3/h4-7,15H,1-3H3,(H,13,16). The Hall–Kier alpha value is -1.84. The smallest absolute Gasteiger partial charge is 0.267 e. The van der Waals surface area contributed by atoms with E-state index < -0.39 is 0 Å². The number of amides is 1. The monoisotopic (exact) mass is 217 g/mol. The van der Waals surface area contributed by atoms with Crippen LogP contribution in [0.25, 0.3) is 11.0 Å². The third kappa shape index (κ3) is 1.78. The van der Waals surface area contributed by atoms with Crippen molar-refractivity contribution in [1.29, 1.82) is 0 Å². The van der Waals surface area contributed by atoms with Gasteiger partial charge in [-0.2, -0.15) is 0 Å². The van der Waals surface area contributed by atoms with E-state index in [1.165, 1.54) is 0 Å². The van der Waals surface area contributed by atoms with Crippen LogP contribution >= 0.6 is 0 Å². The zero-order chi connectivity index (χ0) is 11.7. The molecule has 84 valence electrons. The minimum Gasteiger partial charge on any atom is -0.354 e. The van der Waals surface area contributed by atoms with Crippen LogP contribution in [0.2, 0.25) is 0 Å². The summed E-state index contributed by atoms with van der Waals surface area (Å²) in [6.45, 7) is 4.23. The molecule has 0 saturated heterocycles. The lowest BCUT2D eigenvalue weighted by atomic mass is 10.1. The number of hydrogen-bond acceptors (Lipinski definition) is 2. The summed E-state index contributed by atoms with van der Waals surface area (Å²) in [5, 5.41) is 2.58. The Balaban J connectivity index is 2.50. The summed E-state index contributed by atoms with van der Waals surface area (Å²) < 4.78 is 0. The van der Waals surface area contributed by atoms with Crippen molar-refractivity contribution in [2.75, 3.05) is 7.05 Å². The fourth-order valence-electron chi connectivity index (χ4n) is 1.60. The molecular weight excluding hydrogens is 202 g/mol. The third-order valence-corrected chi connectivity index (χ3v) is 2.63. The largest absolute Gasteiger partial charge is 0.354 e. The predicted octanol–water partition coefficient (Wildman–Crippen LogP) is 2.05. The topological polar surface area (TPSA) is 57.8 Å². The Morgan fingerprint density at radius 2 is 2.19 bits per heavy atom. The lowest BCUT2D eigenvalue weighted by Crippen LogP contribution is -2.17. The van der Waals surface area contributed by atoms with E-state index in [2.05, 4.69) is 29.1 Å². The number of carbonyl (C=O) groups is 1. The van der Waals surface area contributed by atoms with Crippen molar-refractivity contribution >= 4 is 16.9 Å². The third-order valence-electron chi connectivity index (χ3n) is 2.63. The predicted molar refractivity (Wildman–Crippen MR) is 63.6 cm³/mol. The molecule has 16 heavy (non-hydrogen) atoms. The molecule has 0 aliphatic heterocycles. The van der Waals surface area contributed by atoms with Crippen LogP contribution < -0.4 is 5.32 Å². The van der Waals surface area contributed by atoms with Gasteiger partial charge in [0.15, 0.2) is 0 Å². The highest BCUT2D eigenvalue weighted by molar-refractivity contribution is 5.96. The van der Waals surface area contributed by atoms with Gasteiger partial charge in [0.2, 0.25) is 0 Å². The number of H-pyrrole nitrogens is 1. The minimum absolute atomic E-state index is 0.121. The van der Waals surface area contributed by atoms with E-state index >= 15 is 0 Å². The van der Waals surface area contributed by atoms with Crippen molar-refractivity contribution in [3.63, 3.8) is 0 Å². The Morgan fingerprint density at radius 3 is 2.81 bits per heavy atom. The van der Waals surface area contributed by atoms with Crippen LogP contribution in [-0.2, 0) is 0 Å². The summed E-state index contributed by atoms with van der Waals surface area (Å²) in [5.41, 5.74) is 3.44. The van der Waals surface area contributed by atoms with Gasteiger partial charge in [0.25, 0.3) is 5.91 Å². The van der Waals surface area contributed by atoms with Crippen molar-refractivity contribution in [2.45, 2.75) is 19.8 Å². The Bertz CT molecular complexity index is 528. The van der Waals surface area contributed by atoms with Gasteiger partial charge in [0.05, 0.1) is 11.0 Å². The molecule has 2 aromatic heterocycles. The second-order valence-electron chi connectivity index (χ2n) is 4.12. The summed E-state index contributed by atoms with van der Waals surface area (Å²) in [4.78, 5) is 18.8. The number of pyridine rings is 1. The molecule has 1 amide bonds. The average Bonchev–Trinajstić information content (AvgIpc) is 2.70. The fraction of sp³-hybridized carbons (Fsp3) is 0.333. The van der Waals surface area contributed by atoms with Gasteiger partial charge in [0.1, 0.15) is 5.69 Å². The molecular formula is C12H15N3O. The van der Waals surface area contributed by atoms with E-state index in [0.717, 1.165) is 16.6 Å². The number of rotatable bonds is 2. The van der Waals surface area contributed by atoms with Gasteiger partial charge in [0, 0.05) is 13.2 Å². The maximum Gasteiger partial charge on any atom is 0.267 e. The fourth-order valence-corrected chi connectivity index (χ4v) is 1.60. The highest BCUT2D eigenvalue weighted by Crippen LogP contribution is 2.19. The van der Waals surface area contributed by atoms with Crippen LogP contribution in [0.3, 0.4) is 0 Å².